The number of anilines is 1. The molecule has 2 amide bonds. The van der Waals surface area contributed by atoms with Gasteiger partial charge in [-0.05, 0) is 65.7 Å². The van der Waals surface area contributed by atoms with Gasteiger partial charge in [-0.3, -0.25) is 9.59 Å². The third-order valence-corrected chi connectivity index (χ3v) is 5.83. The summed E-state index contributed by atoms with van der Waals surface area (Å²) in [7, 11) is 0. The maximum atomic E-state index is 13.0. The molecule has 184 valence electrons. The number of nitrogens with one attached hydrogen (secondary N) is 2. The van der Waals surface area contributed by atoms with E-state index >= 15 is 0 Å². The van der Waals surface area contributed by atoms with Crippen LogP contribution in [0.2, 0.25) is 0 Å². The molecule has 5 rings (SSSR count). The Labute approximate surface area is 209 Å². The number of amides is 2. The molecule has 4 N–H and O–H groups in total. The number of H-pyrrole nitrogens is 1. The number of benzene rings is 4. The van der Waals surface area contributed by atoms with Crippen molar-refractivity contribution in [1.82, 2.24) is 9.97 Å². The maximum absolute atomic E-state index is 13.0. The molecule has 6 nitrogen and oxygen atoms in total. The molecule has 0 aliphatic rings. The van der Waals surface area contributed by atoms with Crippen LogP contribution >= 0.6 is 0 Å². The van der Waals surface area contributed by atoms with Crippen molar-refractivity contribution in [2.45, 2.75) is 6.18 Å². The fourth-order valence-corrected chi connectivity index (χ4v) is 3.93. The zero-order valence-corrected chi connectivity index (χ0v) is 19.1. The Balaban J connectivity index is 1.36. The van der Waals surface area contributed by atoms with Gasteiger partial charge in [0.15, 0.2) is 0 Å². The number of fused-ring (bicyclic) bond motifs is 1. The first kappa shape index (κ1) is 23.8. The van der Waals surface area contributed by atoms with Crippen molar-refractivity contribution in [3.05, 3.63) is 108 Å². The summed E-state index contributed by atoms with van der Waals surface area (Å²) in [6.45, 7) is 0. The molecule has 0 aliphatic heterocycles. The van der Waals surface area contributed by atoms with E-state index in [2.05, 4.69) is 15.3 Å². The van der Waals surface area contributed by atoms with Gasteiger partial charge < -0.3 is 16.0 Å². The highest BCUT2D eigenvalue weighted by molar-refractivity contribution is 6.06. The average Bonchev–Trinajstić information content (AvgIpc) is 3.32. The second kappa shape index (κ2) is 9.27. The van der Waals surface area contributed by atoms with Crippen LogP contribution in [0.25, 0.3) is 33.5 Å². The lowest BCUT2D eigenvalue weighted by Crippen LogP contribution is -2.15. The van der Waals surface area contributed by atoms with Gasteiger partial charge in [-0.25, -0.2) is 4.98 Å². The molecule has 0 fully saturated rings. The minimum absolute atomic E-state index is 0.244. The number of imidazole rings is 1. The summed E-state index contributed by atoms with van der Waals surface area (Å²) in [5.74, 6) is -0.537. The van der Waals surface area contributed by atoms with E-state index < -0.39 is 17.6 Å². The third kappa shape index (κ3) is 5.06. The molecule has 0 atom stereocenters. The van der Waals surface area contributed by atoms with Crippen molar-refractivity contribution < 1.29 is 22.8 Å². The standard InChI is InChI=1S/C28H19F3N4O2/c29-28(30,31)21-9-12-23-24(15-21)35-26(34-23)19-5-1-3-17(13-19)16-7-10-22(11-8-16)33-27(37)20-6-2-4-18(14-20)25(32)36/h1-15H,(H2,32,36)(H,33,37)(H,34,35). The Morgan fingerprint density at radius 1 is 0.784 bits per heavy atom. The van der Waals surface area contributed by atoms with E-state index in [0.717, 1.165) is 23.3 Å². The number of aromatic nitrogens is 2. The third-order valence-electron chi connectivity index (χ3n) is 5.83. The van der Waals surface area contributed by atoms with Crippen LogP contribution in [0.4, 0.5) is 18.9 Å². The summed E-state index contributed by atoms with van der Waals surface area (Å²) < 4.78 is 39.1. The number of hydrogen-bond acceptors (Lipinski definition) is 3. The topological polar surface area (TPSA) is 101 Å². The molecule has 0 saturated heterocycles. The molecule has 4 aromatic carbocycles. The van der Waals surface area contributed by atoms with E-state index in [0.29, 0.717) is 33.7 Å². The van der Waals surface area contributed by atoms with Gasteiger partial charge in [-0.15, -0.1) is 0 Å². The fourth-order valence-electron chi connectivity index (χ4n) is 3.93. The SMILES string of the molecule is NC(=O)c1cccc(C(=O)Nc2ccc(-c3cccc(-c4nc5ccc(C(F)(F)F)cc5[nH]4)c3)cc2)c1. The van der Waals surface area contributed by atoms with E-state index in [1.807, 2.05) is 36.4 Å². The van der Waals surface area contributed by atoms with Gasteiger partial charge in [0.05, 0.1) is 16.6 Å². The molecular weight excluding hydrogens is 481 g/mol. The van der Waals surface area contributed by atoms with Crippen LogP contribution in [-0.2, 0) is 6.18 Å². The first-order valence-corrected chi connectivity index (χ1v) is 11.2. The lowest BCUT2D eigenvalue weighted by molar-refractivity contribution is -0.137. The minimum Gasteiger partial charge on any atom is -0.366 e. The number of nitrogens with zero attached hydrogens (tertiary/aromatic N) is 1. The number of carbonyl (C=O) groups excluding carboxylic acids is 2. The largest absolute Gasteiger partial charge is 0.416 e. The molecular formula is C28H19F3N4O2. The molecule has 1 aromatic heterocycles. The molecule has 0 radical (unpaired) electrons. The number of primary amides is 1. The van der Waals surface area contributed by atoms with E-state index in [1.54, 1.807) is 24.3 Å². The van der Waals surface area contributed by atoms with Crippen molar-refractivity contribution >= 4 is 28.5 Å². The van der Waals surface area contributed by atoms with E-state index in [4.69, 9.17) is 5.73 Å². The summed E-state index contributed by atoms with van der Waals surface area (Å²) in [5.41, 5.74) is 8.84. The number of alkyl halides is 3. The molecule has 37 heavy (non-hydrogen) atoms. The molecule has 0 unspecified atom stereocenters. The lowest BCUT2D eigenvalue weighted by Gasteiger charge is -2.08. The Hall–Kier alpha value is -4.92. The summed E-state index contributed by atoms with van der Waals surface area (Å²) >= 11 is 0. The van der Waals surface area contributed by atoms with Crippen LogP contribution in [0, 0.1) is 0 Å². The second-order valence-corrected chi connectivity index (χ2v) is 8.37. The van der Waals surface area contributed by atoms with E-state index in [1.165, 1.54) is 18.2 Å². The van der Waals surface area contributed by atoms with Crippen LogP contribution < -0.4 is 11.1 Å². The van der Waals surface area contributed by atoms with Gasteiger partial charge in [-0.2, -0.15) is 13.2 Å². The first-order chi connectivity index (χ1) is 17.7. The van der Waals surface area contributed by atoms with E-state index in [-0.39, 0.29) is 11.5 Å². The first-order valence-electron chi connectivity index (χ1n) is 11.2. The zero-order valence-electron chi connectivity index (χ0n) is 19.1. The van der Waals surface area contributed by atoms with Crippen molar-refractivity contribution in [3.8, 4) is 22.5 Å². The van der Waals surface area contributed by atoms with Crippen LogP contribution in [0.1, 0.15) is 26.3 Å². The second-order valence-electron chi connectivity index (χ2n) is 8.37. The number of nitrogens with two attached hydrogens (primary N) is 1. The van der Waals surface area contributed by atoms with Crippen LogP contribution in [0.15, 0.2) is 91.0 Å². The van der Waals surface area contributed by atoms with Gasteiger partial charge in [0.1, 0.15) is 5.82 Å². The Morgan fingerprint density at radius 2 is 1.49 bits per heavy atom. The molecule has 5 aromatic rings. The van der Waals surface area contributed by atoms with Crippen LogP contribution in [0.3, 0.4) is 0 Å². The Kier molecular flexibility index (Phi) is 5.96. The number of halogens is 3. The highest BCUT2D eigenvalue weighted by atomic mass is 19.4. The normalized spacial score (nSPS) is 11.4. The predicted octanol–water partition coefficient (Wildman–Crippen LogP) is 6.27. The summed E-state index contributed by atoms with van der Waals surface area (Å²) in [5, 5.41) is 2.78. The van der Waals surface area contributed by atoms with Crippen molar-refractivity contribution in [3.63, 3.8) is 0 Å². The number of carbonyl (C=O) groups is 2. The van der Waals surface area contributed by atoms with Crippen LogP contribution in [0.5, 0.6) is 0 Å². The Morgan fingerprint density at radius 3 is 2.22 bits per heavy atom. The number of hydrogen-bond donors (Lipinski definition) is 3. The highest BCUT2D eigenvalue weighted by Gasteiger charge is 2.30. The summed E-state index contributed by atoms with van der Waals surface area (Å²) in [4.78, 5) is 31.3. The summed E-state index contributed by atoms with van der Waals surface area (Å²) in [6, 6.07) is 24.1. The predicted molar refractivity (Wildman–Crippen MR) is 135 cm³/mol. The van der Waals surface area contributed by atoms with Gasteiger partial charge in [0.25, 0.3) is 5.91 Å². The van der Waals surface area contributed by atoms with Crippen molar-refractivity contribution in [2.24, 2.45) is 5.73 Å². The molecule has 1 heterocycles. The zero-order chi connectivity index (χ0) is 26.2. The molecule has 0 aliphatic carbocycles. The maximum Gasteiger partial charge on any atom is 0.416 e. The quantitative estimate of drug-likeness (QED) is 0.265. The Bertz CT molecular complexity index is 1640. The van der Waals surface area contributed by atoms with E-state index in [9.17, 15) is 22.8 Å². The average molecular weight is 500 g/mol. The fraction of sp³-hybridized carbons (Fsp3) is 0.0357. The van der Waals surface area contributed by atoms with Crippen molar-refractivity contribution in [1.29, 1.82) is 0 Å². The van der Waals surface area contributed by atoms with Gasteiger partial charge in [0.2, 0.25) is 5.91 Å². The number of aromatic amines is 1. The molecule has 9 heteroatoms. The van der Waals surface area contributed by atoms with Gasteiger partial charge >= 0.3 is 6.18 Å². The minimum atomic E-state index is -4.43. The summed E-state index contributed by atoms with van der Waals surface area (Å²) in [6.07, 6.45) is -4.43. The smallest absolute Gasteiger partial charge is 0.366 e. The van der Waals surface area contributed by atoms with Crippen LogP contribution in [-0.4, -0.2) is 21.8 Å². The number of rotatable bonds is 5. The monoisotopic (exact) mass is 500 g/mol. The molecule has 0 spiro atoms. The molecule has 0 saturated carbocycles. The lowest BCUT2D eigenvalue weighted by atomic mass is 10.0. The highest BCUT2D eigenvalue weighted by Crippen LogP contribution is 2.32. The molecule has 0 bridgehead atoms. The van der Waals surface area contributed by atoms with Gasteiger partial charge in [-0.1, -0.05) is 36.4 Å². The van der Waals surface area contributed by atoms with Gasteiger partial charge in [0, 0.05) is 22.4 Å². The van der Waals surface area contributed by atoms with Crippen molar-refractivity contribution in [2.75, 3.05) is 5.32 Å².